The fourth-order valence-electron chi connectivity index (χ4n) is 2.50. The molecule has 0 amide bonds. The molecule has 0 aromatic heterocycles. The molecule has 0 saturated heterocycles. The second kappa shape index (κ2) is 6.95. The first-order valence-corrected chi connectivity index (χ1v) is 7.37. The molecule has 1 unspecified atom stereocenters. The van der Waals surface area contributed by atoms with Gasteiger partial charge >= 0.3 is 0 Å². The molecule has 1 aromatic carbocycles. The van der Waals surface area contributed by atoms with Gasteiger partial charge in [-0.3, -0.25) is 0 Å². The van der Waals surface area contributed by atoms with Gasteiger partial charge in [0, 0.05) is 24.7 Å². The fraction of sp³-hybridized carbons (Fsp3) is 0.625. The standard InChI is InChI=1S/C16H26N2O2/c1-4-18(10-12-5-6-12)11-15(17)14-9-13(19-2)7-8-16(14)20-3/h7-9,12,15H,4-6,10-11,17H2,1-3H3. The molecule has 0 aliphatic heterocycles. The van der Waals surface area contributed by atoms with Gasteiger partial charge in [0.1, 0.15) is 11.5 Å². The van der Waals surface area contributed by atoms with Crippen molar-refractivity contribution in [1.82, 2.24) is 4.90 Å². The Bertz CT molecular complexity index is 432. The Morgan fingerprint density at radius 2 is 2.05 bits per heavy atom. The Kier molecular flexibility index (Phi) is 5.26. The van der Waals surface area contributed by atoms with Crippen molar-refractivity contribution in [2.45, 2.75) is 25.8 Å². The van der Waals surface area contributed by atoms with Crippen LogP contribution in [-0.4, -0.2) is 38.8 Å². The Morgan fingerprint density at radius 1 is 1.30 bits per heavy atom. The van der Waals surface area contributed by atoms with E-state index in [1.165, 1.54) is 12.8 Å². The van der Waals surface area contributed by atoms with E-state index in [0.29, 0.717) is 0 Å². The molecule has 1 aliphatic carbocycles. The highest BCUT2D eigenvalue weighted by Crippen LogP contribution is 2.32. The van der Waals surface area contributed by atoms with Crippen LogP contribution in [0.5, 0.6) is 11.5 Å². The summed E-state index contributed by atoms with van der Waals surface area (Å²) in [7, 11) is 3.35. The molecule has 2 N–H and O–H groups in total. The van der Waals surface area contributed by atoms with Gasteiger partial charge in [-0.2, -0.15) is 0 Å². The number of rotatable bonds is 8. The van der Waals surface area contributed by atoms with Crippen molar-refractivity contribution in [1.29, 1.82) is 0 Å². The zero-order chi connectivity index (χ0) is 14.5. The summed E-state index contributed by atoms with van der Waals surface area (Å²) >= 11 is 0. The lowest BCUT2D eigenvalue weighted by Gasteiger charge is -2.25. The number of nitrogens with two attached hydrogens (primary N) is 1. The molecule has 1 atom stereocenters. The van der Waals surface area contributed by atoms with E-state index in [4.69, 9.17) is 15.2 Å². The summed E-state index contributed by atoms with van der Waals surface area (Å²) in [4.78, 5) is 2.43. The molecule has 4 nitrogen and oxygen atoms in total. The maximum atomic E-state index is 6.39. The summed E-state index contributed by atoms with van der Waals surface area (Å²) < 4.78 is 10.7. The van der Waals surface area contributed by atoms with E-state index in [2.05, 4.69) is 11.8 Å². The van der Waals surface area contributed by atoms with Crippen molar-refractivity contribution in [3.8, 4) is 11.5 Å². The van der Waals surface area contributed by atoms with Crippen molar-refractivity contribution in [2.75, 3.05) is 33.9 Å². The molecule has 1 aromatic rings. The van der Waals surface area contributed by atoms with Gasteiger partial charge in [-0.05, 0) is 43.5 Å². The number of hydrogen-bond acceptors (Lipinski definition) is 4. The summed E-state index contributed by atoms with van der Waals surface area (Å²) in [6, 6.07) is 5.75. The van der Waals surface area contributed by atoms with Gasteiger partial charge in [-0.1, -0.05) is 6.92 Å². The highest BCUT2D eigenvalue weighted by molar-refractivity contribution is 5.42. The summed E-state index contributed by atoms with van der Waals surface area (Å²) in [6.07, 6.45) is 2.74. The number of likely N-dealkylation sites (N-methyl/N-ethyl adjacent to an activating group) is 1. The molecule has 4 heteroatoms. The molecule has 2 rings (SSSR count). The van der Waals surface area contributed by atoms with Crippen molar-refractivity contribution >= 4 is 0 Å². The zero-order valence-corrected chi connectivity index (χ0v) is 12.8. The van der Waals surface area contributed by atoms with Crippen LogP contribution in [0.1, 0.15) is 31.4 Å². The van der Waals surface area contributed by atoms with Crippen LogP contribution >= 0.6 is 0 Å². The monoisotopic (exact) mass is 278 g/mol. The van der Waals surface area contributed by atoms with Gasteiger partial charge in [0.05, 0.1) is 14.2 Å². The quantitative estimate of drug-likeness (QED) is 0.793. The lowest BCUT2D eigenvalue weighted by atomic mass is 10.1. The van der Waals surface area contributed by atoms with Crippen molar-refractivity contribution < 1.29 is 9.47 Å². The molecule has 0 bridgehead atoms. The first kappa shape index (κ1) is 15.1. The first-order chi connectivity index (χ1) is 9.67. The first-order valence-electron chi connectivity index (χ1n) is 7.37. The molecular formula is C16H26N2O2. The average Bonchev–Trinajstić information content (AvgIpc) is 3.29. The van der Waals surface area contributed by atoms with Crippen molar-refractivity contribution in [3.63, 3.8) is 0 Å². The van der Waals surface area contributed by atoms with E-state index in [9.17, 15) is 0 Å². The highest BCUT2D eigenvalue weighted by atomic mass is 16.5. The molecule has 20 heavy (non-hydrogen) atoms. The van der Waals surface area contributed by atoms with Gasteiger partial charge in [-0.15, -0.1) is 0 Å². The summed E-state index contributed by atoms with van der Waals surface area (Å²) in [5.41, 5.74) is 7.41. The third kappa shape index (κ3) is 3.87. The smallest absolute Gasteiger partial charge is 0.123 e. The van der Waals surface area contributed by atoms with Gasteiger partial charge in [0.25, 0.3) is 0 Å². The van der Waals surface area contributed by atoms with Crippen LogP contribution < -0.4 is 15.2 Å². The Morgan fingerprint density at radius 3 is 2.60 bits per heavy atom. The number of hydrogen-bond donors (Lipinski definition) is 1. The number of nitrogens with zero attached hydrogens (tertiary/aromatic N) is 1. The summed E-state index contributed by atoms with van der Waals surface area (Å²) in [5, 5.41) is 0. The van der Waals surface area contributed by atoms with Gasteiger partial charge in [0.15, 0.2) is 0 Å². The Labute approximate surface area is 121 Å². The molecule has 1 aliphatic rings. The Balaban J connectivity index is 2.07. The number of methoxy groups -OCH3 is 2. The zero-order valence-electron chi connectivity index (χ0n) is 12.8. The van der Waals surface area contributed by atoms with E-state index in [1.54, 1.807) is 14.2 Å². The van der Waals surface area contributed by atoms with Gasteiger partial charge in [0.2, 0.25) is 0 Å². The molecule has 1 saturated carbocycles. The molecule has 112 valence electrons. The molecule has 0 heterocycles. The van der Waals surface area contributed by atoms with E-state index in [1.807, 2.05) is 18.2 Å². The highest BCUT2D eigenvalue weighted by Gasteiger charge is 2.25. The lowest BCUT2D eigenvalue weighted by molar-refractivity contribution is 0.258. The minimum atomic E-state index is -0.0567. The van der Waals surface area contributed by atoms with Gasteiger partial charge in [-0.25, -0.2) is 0 Å². The minimum Gasteiger partial charge on any atom is -0.497 e. The molecule has 0 radical (unpaired) electrons. The average molecular weight is 278 g/mol. The SMILES string of the molecule is CCN(CC1CC1)CC(N)c1cc(OC)ccc1OC. The van der Waals surface area contributed by atoms with Crippen LogP contribution in [0.2, 0.25) is 0 Å². The molecule has 0 spiro atoms. The van der Waals surface area contributed by atoms with Crippen LogP contribution in [-0.2, 0) is 0 Å². The third-order valence-corrected chi connectivity index (χ3v) is 3.95. The second-order valence-corrected chi connectivity index (χ2v) is 5.51. The van der Waals surface area contributed by atoms with Crippen LogP contribution in [0, 0.1) is 5.92 Å². The van der Waals surface area contributed by atoms with Crippen molar-refractivity contribution in [3.05, 3.63) is 23.8 Å². The Hall–Kier alpha value is -1.26. The maximum Gasteiger partial charge on any atom is 0.123 e. The van der Waals surface area contributed by atoms with E-state index in [-0.39, 0.29) is 6.04 Å². The van der Waals surface area contributed by atoms with Gasteiger partial charge < -0.3 is 20.1 Å². The largest absolute Gasteiger partial charge is 0.497 e. The summed E-state index contributed by atoms with van der Waals surface area (Å²) in [5.74, 6) is 2.54. The molecular weight excluding hydrogens is 252 g/mol. The lowest BCUT2D eigenvalue weighted by Crippen LogP contribution is -2.33. The predicted octanol–water partition coefficient (Wildman–Crippen LogP) is 2.44. The topological polar surface area (TPSA) is 47.7 Å². The predicted molar refractivity (Wildman–Crippen MR) is 81.3 cm³/mol. The normalized spacial score (nSPS) is 16.2. The fourth-order valence-corrected chi connectivity index (χ4v) is 2.50. The molecule has 1 fully saturated rings. The minimum absolute atomic E-state index is 0.0567. The van der Waals surface area contributed by atoms with Crippen LogP contribution in [0.15, 0.2) is 18.2 Å². The second-order valence-electron chi connectivity index (χ2n) is 5.51. The maximum absolute atomic E-state index is 6.39. The summed E-state index contributed by atoms with van der Waals surface area (Å²) in [6.45, 7) is 5.25. The van der Waals surface area contributed by atoms with Crippen LogP contribution in [0.25, 0.3) is 0 Å². The van der Waals surface area contributed by atoms with Crippen LogP contribution in [0.3, 0.4) is 0 Å². The van der Waals surface area contributed by atoms with Crippen molar-refractivity contribution in [2.24, 2.45) is 11.7 Å². The van der Waals surface area contributed by atoms with E-state index in [0.717, 1.165) is 42.6 Å². The number of ether oxygens (including phenoxy) is 2. The van der Waals surface area contributed by atoms with E-state index >= 15 is 0 Å². The third-order valence-electron chi connectivity index (χ3n) is 3.95. The van der Waals surface area contributed by atoms with Crippen LogP contribution in [0.4, 0.5) is 0 Å². The number of benzene rings is 1. The van der Waals surface area contributed by atoms with E-state index < -0.39 is 0 Å².